The number of alkyl halides is 3. The molecule has 1 fully saturated rings. The lowest BCUT2D eigenvalue weighted by Gasteiger charge is -2.30. The van der Waals surface area contributed by atoms with Crippen LogP contribution in [0.2, 0.25) is 0 Å². The number of nitrogens with one attached hydrogen (secondary N) is 1. The Morgan fingerprint density at radius 3 is 2.60 bits per heavy atom. The minimum Gasteiger partial charge on any atom is -0.480 e. The van der Waals surface area contributed by atoms with E-state index >= 15 is 0 Å². The van der Waals surface area contributed by atoms with Gasteiger partial charge in [0.1, 0.15) is 0 Å². The van der Waals surface area contributed by atoms with Gasteiger partial charge < -0.3 is 10.4 Å². The molecular formula is C9H14F3NO2. The number of carboxylic acid groups (broad SMARTS) is 1. The summed E-state index contributed by atoms with van der Waals surface area (Å²) in [6.07, 6.45) is -2.86. The maximum Gasteiger partial charge on any atom is 0.391 e. The van der Waals surface area contributed by atoms with Gasteiger partial charge in [0.2, 0.25) is 0 Å². The molecule has 1 aliphatic rings. The molecule has 0 aromatic rings. The summed E-state index contributed by atoms with van der Waals surface area (Å²) in [5, 5.41) is 11.0. The summed E-state index contributed by atoms with van der Waals surface area (Å²) in [6, 6.07) is -0.318. The first-order valence-corrected chi connectivity index (χ1v) is 4.91. The van der Waals surface area contributed by atoms with Gasteiger partial charge in [0.05, 0.1) is 12.5 Å². The summed E-state index contributed by atoms with van der Waals surface area (Å²) in [5.41, 5.74) is 0. The zero-order valence-corrected chi connectivity index (χ0v) is 8.18. The van der Waals surface area contributed by atoms with Crippen molar-refractivity contribution in [2.75, 3.05) is 6.54 Å². The molecule has 0 aromatic carbocycles. The van der Waals surface area contributed by atoms with Crippen molar-refractivity contribution in [2.45, 2.75) is 37.9 Å². The minimum absolute atomic E-state index is 0.00319. The van der Waals surface area contributed by atoms with Gasteiger partial charge in [-0.1, -0.05) is 6.42 Å². The highest BCUT2D eigenvalue weighted by molar-refractivity contribution is 5.69. The molecule has 0 aliphatic heterocycles. The van der Waals surface area contributed by atoms with Crippen LogP contribution in [0.5, 0.6) is 0 Å². The molecule has 2 atom stereocenters. The van der Waals surface area contributed by atoms with Crippen LogP contribution in [0.3, 0.4) is 0 Å². The monoisotopic (exact) mass is 225 g/mol. The van der Waals surface area contributed by atoms with Crippen molar-refractivity contribution in [3.05, 3.63) is 0 Å². The van der Waals surface area contributed by atoms with E-state index in [1.807, 2.05) is 0 Å². The molecule has 0 aromatic heterocycles. The Bertz CT molecular complexity index is 230. The molecule has 0 spiro atoms. The normalized spacial score (nSPS) is 27.7. The van der Waals surface area contributed by atoms with Crippen LogP contribution in [-0.4, -0.2) is 29.8 Å². The number of hydrogen-bond donors (Lipinski definition) is 2. The number of hydrogen-bond acceptors (Lipinski definition) is 2. The summed E-state index contributed by atoms with van der Waals surface area (Å²) >= 11 is 0. The summed E-state index contributed by atoms with van der Waals surface area (Å²) < 4.78 is 37.1. The van der Waals surface area contributed by atoms with Gasteiger partial charge in [0, 0.05) is 6.04 Å². The first kappa shape index (κ1) is 12.3. The van der Waals surface area contributed by atoms with Crippen LogP contribution in [0, 0.1) is 5.92 Å². The highest BCUT2D eigenvalue weighted by atomic mass is 19.4. The van der Waals surface area contributed by atoms with E-state index in [-0.39, 0.29) is 25.4 Å². The predicted molar refractivity (Wildman–Crippen MR) is 47.4 cm³/mol. The lowest BCUT2D eigenvalue weighted by atomic mass is 9.85. The minimum atomic E-state index is -4.15. The van der Waals surface area contributed by atoms with Gasteiger partial charge in [0.15, 0.2) is 0 Å². The molecule has 3 nitrogen and oxygen atoms in total. The van der Waals surface area contributed by atoms with Crippen molar-refractivity contribution in [3.63, 3.8) is 0 Å². The fourth-order valence-electron chi connectivity index (χ4n) is 1.90. The van der Waals surface area contributed by atoms with E-state index in [0.717, 1.165) is 0 Å². The lowest BCUT2D eigenvalue weighted by molar-refractivity contribution is -0.183. The zero-order chi connectivity index (χ0) is 11.5. The molecule has 0 amide bonds. The highest BCUT2D eigenvalue weighted by Crippen LogP contribution is 2.37. The van der Waals surface area contributed by atoms with Crippen LogP contribution in [0.25, 0.3) is 0 Å². The summed E-state index contributed by atoms with van der Waals surface area (Å²) in [5.74, 6) is -2.32. The van der Waals surface area contributed by atoms with Gasteiger partial charge in [-0.2, -0.15) is 13.2 Å². The topological polar surface area (TPSA) is 49.3 Å². The van der Waals surface area contributed by atoms with Crippen LogP contribution < -0.4 is 5.32 Å². The molecule has 1 aliphatic carbocycles. The van der Waals surface area contributed by atoms with Crippen LogP contribution in [0.15, 0.2) is 0 Å². The van der Waals surface area contributed by atoms with Crippen LogP contribution in [0.4, 0.5) is 13.2 Å². The third-order valence-electron chi connectivity index (χ3n) is 2.68. The molecule has 0 radical (unpaired) electrons. The Labute approximate surface area is 85.7 Å². The first-order valence-electron chi connectivity index (χ1n) is 4.91. The Kier molecular flexibility index (Phi) is 3.96. The Hall–Kier alpha value is -0.780. The third kappa shape index (κ3) is 4.07. The molecule has 1 saturated carbocycles. The van der Waals surface area contributed by atoms with Crippen molar-refractivity contribution in [1.29, 1.82) is 0 Å². The van der Waals surface area contributed by atoms with Crippen molar-refractivity contribution < 1.29 is 23.1 Å². The van der Waals surface area contributed by atoms with Crippen molar-refractivity contribution >= 4 is 5.97 Å². The second-order valence-corrected chi connectivity index (χ2v) is 3.88. The van der Waals surface area contributed by atoms with Gasteiger partial charge in [0.25, 0.3) is 0 Å². The SMILES string of the molecule is O=C(O)CNC1CCCC(C(F)(F)F)C1. The predicted octanol–water partition coefficient (Wildman–Crippen LogP) is 1.78. The van der Waals surface area contributed by atoms with E-state index in [1.54, 1.807) is 0 Å². The van der Waals surface area contributed by atoms with E-state index in [2.05, 4.69) is 5.32 Å². The molecular weight excluding hydrogens is 211 g/mol. The van der Waals surface area contributed by atoms with Crippen LogP contribution >= 0.6 is 0 Å². The molecule has 0 bridgehead atoms. The van der Waals surface area contributed by atoms with E-state index in [1.165, 1.54) is 0 Å². The van der Waals surface area contributed by atoms with E-state index in [4.69, 9.17) is 5.11 Å². The Morgan fingerprint density at radius 1 is 1.40 bits per heavy atom. The van der Waals surface area contributed by atoms with Gasteiger partial charge in [-0.25, -0.2) is 0 Å². The molecule has 15 heavy (non-hydrogen) atoms. The average Bonchev–Trinajstić information content (AvgIpc) is 2.14. The number of carboxylic acids is 1. The second-order valence-electron chi connectivity index (χ2n) is 3.88. The van der Waals surface area contributed by atoms with Gasteiger partial charge in [-0.05, 0) is 19.3 Å². The fraction of sp³-hybridized carbons (Fsp3) is 0.889. The summed E-state index contributed by atoms with van der Waals surface area (Å²) in [4.78, 5) is 10.2. The zero-order valence-electron chi connectivity index (χ0n) is 8.18. The second kappa shape index (κ2) is 4.83. The highest BCUT2D eigenvalue weighted by Gasteiger charge is 2.41. The fourth-order valence-corrected chi connectivity index (χ4v) is 1.90. The van der Waals surface area contributed by atoms with Crippen molar-refractivity contribution in [1.82, 2.24) is 5.32 Å². The van der Waals surface area contributed by atoms with E-state index < -0.39 is 18.1 Å². The molecule has 2 unspecified atom stereocenters. The Balaban J connectivity index is 2.39. The first-order chi connectivity index (χ1) is 6.89. The van der Waals surface area contributed by atoms with Crippen molar-refractivity contribution in [3.8, 4) is 0 Å². The quantitative estimate of drug-likeness (QED) is 0.769. The molecule has 0 heterocycles. The van der Waals surface area contributed by atoms with E-state index in [9.17, 15) is 18.0 Å². The largest absolute Gasteiger partial charge is 0.480 e. The van der Waals surface area contributed by atoms with Crippen LogP contribution in [-0.2, 0) is 4.79 Å². The smallest absolute Gasteiger partial charge is 0.391 e. The maximum absolute atomic E-state index is 12.4. The van der Waals surface area contributed by atoms with Gasteiger partial charge in [-0.15, -0.1) is 0 Å². The standard InChI is InChI=1S/C9H14F3NO2/c10-9(11,12)6-2-1-3-7(4-6)13-5-8(14)15/h6-7,13H,1-5H2,(H,14,15). The molecule has 6 heteroatoms. The number of halogens is 3. The van der Waals surface area contributed by atoms with E-state index in [0.29, 0.717) is 12.8 Å². The molecule has 0 saturated heterocycles. The Morgan fingerprint density at radius 2 is 2.07 bits per heavy atom. The maximum atomic E-state index is 12.4. The third-order valence-corrected chi connectivity index (χ3v) is 2.68. The average molecular weight is 225 g/mol. The molecule has 1 rings (SSSR count). The number of carbonyl (C=O) groups is 1. The molecule has 88 valence electrons. The number of aliphatic carboxylic acids is 1. The summed E-state index contributed by atoms with van der Waals surface area (Å²) in [6.45, 7) is -0.269. The lowest BCUT2D eigenvalue weighted by Crippen LogP contribution is -2.40. The van der Waals surface area contributed by atoms with Gasteiger partial charge in [-0.3, -0.25) is 4.79 Å². The molecule has 2 N–H and O–H groups in total. The van der Waals surface area contributed by atoms with Crippen LogP contribution in [0.1, 0.15) is 25.7 Å². The van der Waals surface area contributed by atoms with Gasteiger partial charge >= 0.3 is 12.1 Å². The van der Waals surface area contributed by atoms with Crippen molar-refractivity contribution in [2.24, 2.45) is 5.92 Å². The summed E-state index contributed by atoms with van der Waals surface area (Å²) in [7, 11) is 0. The number of rotatable bonds is 3.